The zero-order chi connectivity index (χ0) is 15.2. The summed E-state index contributed by atoms with van der Waals surface area (Å²) in [7, 11) is 3.29. The van der Waals surface area contributed by atoms with Gasteiger partial charge in [0.1, 0.15) is 5.75 Å². The SMILES string of the molecule is COc1ccccc1CCC(=O)N1CC[C@H](N)[C@H](OC)C1. The van der Waals surface area contributed by atoms with Crippen LogP contribution in [0.3, 0.4) is 0 Å². The van der Waals surface area contributed by atoms with Gasteiger partial charge in [0.25, 0.3) is 0 Å². The summed E-state index contributed by atoms with van der Waals surface area (Å²) in [5.74, 6) is 0.982. The Morgan fingerprint density at radius 3 is 2.86 bits per heavy atom. The Hall–Kier alpha value is -1.59. The second-order valence-corrected chi connectivity index (χ2v) is 5.38. The predicted molar refractivity (Wildman–Crippen MR) is 81.3 cm³/mol. The Bertz CT molecular complexity index is 478. The highest BCUT2D eigenvalue weighted by Gasteiger charge is 2.28. The van der Waals surface area contributed by atoms with E-state index in [2.05, 4.69) is 0 Å². The molecule has 2 rings (SSSR count). The summed E-state index contributed by atoms with van der Waals surface area (Å²) in [5.41, 5.74) is 7.04. The minimum atomic E-state index is -0.0611. The highest BCUT2D eigenvalue weighted by molar-refractivity contribution is 5.76. The molecule has 0 spiro atoms. The number of para-hydroxylation sites is 1. The van der Waals surface area contributed by atoms with Crippen LogP contribution in [-0.4, -0.2) is 50.3 Å². The van der Waals surface area contributed by atoms with Gasteiger partial charge in [0.2, 0.25) is 5.91 Å². The summed E-state index contributed by atoms with van der Waals surface area (Å²) in [6, 6.07) is 7.83. The van der Waals surface area contributed by atoms with Crippen molar-refractivity contribution >= 4 is 5.91 Å². The van der Waals surface area contributed by atoms with Gasteiger partial charge in [0.15, 0.2) is 0 Å². The van der Waals surface area contributed by atoms with Crippen molar-refractivity contribution in [3.05, 3.63) is 29.8 Å². The van der Waals surface area contributed by atoms with Crippen LogP contribution in [-0.2, 0) is 16.0 Å². The molecule has 2 N–H and O–H groups in total. The molecule has 1 aliphatic heterocycles. The number of amides is 1. The number of carbonyl (C=O) groups excluding carboxylic acids is 1. The fourth-order valence-corrected chi connectivity index (χ4v) is 2.72. The van der Waals surface area contributed by atoms with Crippen LogP contribution in [0, 0.1) is 0 Å². The molecule has 5 nitrogen and oxygen atoms in total. The second kappa shape index (κ2) is 7.43. The molecule has 1 heterocycles. The Morgan fingerprint density at radius 1 is 1.38 bits per heavy atom. The predicted octanol–water partition coefficient (Wildman–Crippen LogP) is 1.20. The Balaban J connectivity index is 1.90. The van der Waals surface area contributed by atoms with Crippen molar-refractivity contribution in [2.75, 3.05) is 27.3 Å². The van der Waals surface area contributed by atoms with Crippen molar-refractivity contribution in [3.8, 4) is 5.75 Å². The molecule has 1 aromatic carbocycles. The first-order valence-corrected chi connectivity index (χ1v) is 7.33. The Labute approximate surface area is 126 Å². The standard InChI is InChI=1S/C16H24N2O3/c1-20-14-6-4-3-5-12(14)7-8-16(19)18-10-9-13(17)15(11-18)21-2/h3-6,13,15H,7-11,17H2,1-2H3/t13-,15+/m0/s1. The van der Waals surface area contributed by atoms with Crippen LogP contribution >= 0.6 is 0 Å². The van der Waals surface area contributed by atoms with Gasteiger partial charge in [-0.3, -0.25) is 4.79 Å². The maximum atomic E-state index is 12.3. The minimum Gasteiger partial charge on any atom is -0.496 e. The summed E-state index contributed by atoms with van der Waals surface area (Å²) in [4.78, 5) is 14.2. The van der Waals surface area contributed by atoms with E-state index in [-0.39, 0.29) is 18.1 Å². The van der Waals surface area contributed by atoms with E-state index in [0.29, 0.717) is 25.9 Å². The number of piperidine rings is 1. The van der Waals surface area contributed by atoms with Crippen molar-refractivity contribution in [2.24, 2.45) is 5.73 Å². The highest BCUT2D eigenvalue weighted by Crippen LogP contribution is 2.20. The minimum absolute atomic E-state index is 0.0215. The third-order valence-electron chi connectivity index (χ3n) is 4.07. The number of nitrogens with two attached hydrogens (primary N) is 1. The molecule has 1 saturated heterocycles. The molecule has 21 heavy (non-hydrogen) atoms. The average molecular weight is 292 g/mol. The van der Waals surface area contributed by atoms with Gasteiger partial charge < -0.3 is 20.1 Å². The summed E-state index contributed by atoms with van der Waals surface area (Å²) in [6.45, 7) is 1.30. The first kappa shape index (κ1) is 15.8. The van der Waals surface area contributed by atoms with Gasteiger partial charge >= 0.3 is 0 Å². The normalized spacial score (nSPS) is 22.1. The molecule has 0 bridgehead atoms. The Morgan fingerprint density at radius 2 is 2.14 bits per heavy atom. The molecule has 0 aliphatic carbocycles. The van der Waals surface area contributed by atoms with Crippen molar-refractivity contribution < 1.29 is 14.3 Å². The number of methoxy groups -OCH3 is 2. The van der Waals surface area contributed by atoms with Gasteiger partial charge in [0.05, 0.1) is 13.2 Å². The van der Waals surface area contributed by atoms with Gasteiger partial charge in [-0.1, -0.05) is 18.2 Å². The van der Waals surface area contributed by atoms with Crippen LogP contribution in [0.1, 0.15) is 18.4 Å². The second-order valence-electron chi connectivity index (χ2n) is 5.38. The van der Waals surface area contributed by atoms with E-state index >= 15 is 0 Å². The highest BCUT2D eigenvalue weighted by atomic mass is 16.5. The van der Waals surface area contributed by atoms with Crippen molar-refractivity contribution in [3.63, 3.8) is 0 Å². The monoisotopic (exact) mass is 292 g/mol. The molecular formula is C16H24N2O3. The van der Waals surface area contributed by atoms with Gasteiger partial charge in [0, 0.05) is 32.7 Å². The largest absolute Gasteiger partial charge is 0.496 e. The molecule has 1 aromatic rings. The van der Waals surface area contributed by atoms with E-state index in [0.717, 1.165) is 17.7 Å². The number of aryl methyl sites for hydroxylation is 1. The number of nitrogens with zero attached hydrogens (tertiary/aromatic N) is 1. The number of hydrogen-bond acceptors (Lipinski definition) is 4. The molecule has 1 fully saturated rings. The van der Waals surface area contributed by atoms with Crippen molar-refractivity contribution in [1.29, 1.82) is 0 Å². The van der Waals surface area contributed by atoms with Crippen LogP contribution < -0.4 is 10.5 Å². The van der Waals surface area contributed by atoms with Crippen molar-refractivity contribution in [2.45, 2.75) is 31.4 Å². The zero-order valence-electron chi connectivity index (χ0n) is 12.7. The summed E-state index contributed by atoms with van der Waals surface area (Å²) >= 11 is 0. The fraction of sp³-hybridized carbons (Fsp3) is 0.562. The molecule has 0 saturated carbocycles. The van der Waals surface area contributed by atoms with Crippen LogP contribution in [0.25, 0.3) is 0 Å². The lowest BCUT2D eigenvalue weighted by atomic mass is 10.0. The van der Waals surface area contributed by atoms with Gasteiger partial charge in [-0.2, -0.15) is 0 Å². The van der Waals surface area contributed by atoms with Gasteiger partial charge in [-0.05, 0) is 24.5 Å². The topological polar surface area (TPSA) is 64.8 Å². The summed E-state index contributed by atoms with van der Waals surface area (Å²) < 4.78 is 10.7. The third-order valence-corrected chi connectivity index (χ3v) is 4.07. The third kappa shape index (κ3) is 3.95. The summed E-state index contributed by atoms with van der Waals surface area (Å²) in [6.07, 6.45) is 1.89. The van der Waals surface area contributed by atoms with E-state index in [9.17, 15) is 4.79 Å². The molecule has 0 aromatic heterocycles. The number of rotatable bonds is 5. The molecular weight excluding hydrogens is 268 g/mol. The molecule has 2 atom stereocenters. The number of hydrogen-bond donors (Lipinski definition) is 1. The van der Waals surface area contributed by atoms with Crippen LogP contribution in [0.2, 0.25) is 0 Å². The first-order valence-electron chi connectivity index (χ1n) is 7.33. The number of benzene rings is 1. The molecule has 1 amide bonds. The fourth-order valence-electron chi connectivity index (χ4n) is 2.72. The molecule has 0 radical (unpaired) electrons. The summed E-state index contributed by atoms with van der Waals surface area (Å²) in [5, 5.41) is 0. The molecule has 5 heteroatoms. The Kier molecular flexibility index (Phi) is 5.59. The molecule has 1 aliphatic rings. The lowest BCUT2D eigenvalue weighted by Crippen LogP contribution is -2.53. The first-order chi connectivity index (χ1) is 10.2. The maximum absolute atomic E-state index is 12.3. The van der Waals surface area contributed by atoms with E-state index in [1.54, 1.807) is 14.2 Å². The van der Waals surface area contributed by atoms with E-state index in [1.807, 2.05) is 29.2 Å². The lowest BCUT2D eigenvalue weighted by Gasteiger charge is -2.36. The number of likely N-dealkylation sites (tertiary alicyclic amines) is 1. The number of carbonyl (C=O) groups is 1. The van der Waals surface area contributed by atoms with Gasteiger partial charge in [-0.25, -0.2) is 0 Å². The van der Waals surface area contributed by atoms with Gasteiger partial charge in [-0.15, -0.1) is 0 Å². The van der Waals surface area contributed by atoms with Crippen LogP contribution in [0.4, 0.5) is 0 Å². The average Bonchev–Trinajstić information content (AvgIpc) is 2.53. The van der Waals surface area contributed by atoms with E-state index in [1.165, 1.54) is 0 Å². The molecule has 116 valence electrons. The lowest BCUT2D eigenvalue weighted by molar-refractivity contribution is -0.135. The zero-order valence-corrected chi connectivity index (χ0v) is 12.7. The maximum Gasteiger partial charge on any atom is 0.222 e. The van der Waals surface area contributed by atoms with Crippen LogP contribution in [0.15, 0.2) is 24.3 Å². The molecule has 0 unspecified atom stereocenters. The van der Waals surface area contributed by atoms with Crippen molar-refractivity contribution in [1.82, 2.24) is 4.90 Å². The quantitative estimate of drug-likeness (QED) is 0.886. The number of ether oxygens (including phenoxy) is 2. The smallest absolute Gasteiger partial charge is 0.222 e. The van der Waals surface area contributed by atoms with E-state index in [4.69, 9.17) is 15.2 Å². The van der Waals surface area contributed by atoms with E-state index < -0.39 is 0 Å². The van der Waals surface area contributed by atoms with Crippen LogP contribution in [0.5, 0.6) is 5.75 Å².